The number of pyridine rings is 1. The molecular formula is C24H18ClN3O4. The lowest BCUT2D eigenvalue weighted by molar-refractivity contribution is -0.384. The number of aryl methyl sites for hydroxylation is 2. The van der Waals surface area contributed by atoms with Crippen LogP contribution in [0.1, 0.15) is 16.7 Å². The first-order valence-electron chi connectivity index (χ1n) is 9.70. The number of rotatable bonds is 4. The van der Waals surface area contributed by atoms with Crippen LogP contribution in [0.15, 0.2) is 70.5 Å². The fourth-order valence-corrected chi connectivity index (χ4v) is 3.82. The summed E-state index contributed by atoms with van der Waals surface area (Å²) in [6.45, 7) is 3.79. The zero-order valence-corrected chi connectivity index (χ0v) is 18.0. The van der Waals surface area contributed by atoms with Crippen molar-refractivity contribution < 1.29 is 10.0 Å². The largest absolute Gasteiger partial charge is 0.494 e. The molecule has 0 amide bonds. The van der Waals surface area contributed by atoms with Crippen LogP contribution in [-0.4, -0.2) is 20.8 Å². The van der Waals surface area contributed by atoms with Crippen LogP contribution in [0, 0.1) is 24.0 Å². The number of fused-ring (bicyclic) bond motifs is 1. The normalized spacial score (nSPS) is 11.3. The second kappa shape index (κ2) is 8.28. The molecule has 0 saturated carbocycles. The SMILES string of the molecule is Cc1ccc(-n2c(O)c(C=Nc3cc(Cl)ccc3[N+](=O)[O-])c3ccccc3c2=O)c(C)c1. The van der Waals surface area contributed by atoms with Crippen molar-refractivity contribution in [2.24, 2.45) is 4.99 Å². The quantitative estimate of drug-likeness (QED) is 0.249. The molecule has 0 radical (unpaired) electrons. The van der Waals surface area contributed by atoms with Gasteiger partial charge in [-0.15, -0.1) is 0 Å². The van der Waals surface area contributed by atoms with Gasteiger partial charge in [-0.2, -0.15) is 0 Å². The van der Waals surface area contributed by atoms with Gasteiger partial charge in [-0.05, 0) is 43.7 Å². The lowest BCUT2D eigenvalue weighted by Gasteiger charge is -2.16. The highest BCUT2D eigenvalue weighted by Crippen LogP contribution is 2.32. The molecule has 0 unspecified atom stereocenters. The molecule has 4 aromatic rings. The summed E-state index contributed by atoms with van der Waals surface area (Å²) in [4.78, 5) is 28.3. The van der Waals surface area contributed by atoms with Gasteiger partial charge in [-0.25, -0.2) is 9.56 Å². The number of hydrogen-bond acceptors (Lipinski definition) is 5. The molecule has 0 aliphatic carbocycles. The minimum Gasteiger partial charge on any atom is -0.494 e. The topological polar surface area (TPSA) is 97.7 Å². The van der Waals surface area contributed by atoms with E-state index >= 15 is 0 Å². The molecule has 0 bridgehead atoms. The fraction of sp³-hybridized carbons (Fsp3) is 0.0833. The van der Waals surface area contributed by atoms with Crippen LogP contribution >= 0.6 is 11.6 Å². The molecule has 0 saturated heterocycles. The first-order valence-corrected chi connectivity index (χ1v) is 10.1. The van der Waals surface area contributed by atoms with Gasteiger partial charge in [0, 0.05) is 28.1 Å². The third-order valence-electron chi connectivity index (χ3n) is 5.16. The Morgan fingerprint density at radius 3 is 2.47 bits per heavy atom. The van der Waals surface area contributed by atoms with E-state index in [1.54, 1.807) is 30.3 Å². The van der Waals surface area contributed by atoms with Gasteiger partial charge in [0.05, 0.1) is 16.2 Å². The number of nitro benzene ring substituents is 1. The van der Waals surface area contributed by atoms with Crippen molar-refractivity contribution in [2.45, 2.75) is 13.8 Å². The molecule has 0 aliphatic heterocycles. The predicted molar refractivity (Wildman–Crippen MR) is 126 cm³/mol. The average molecular weight is 448 g/mol. The Bertz CT molecular complexity index is 1470. The average Bonchev–Trinajstić information content (AvgIpc) is 2.75. The second-order valence-electron chi connectivity index (χ2n) is 7.36. The standard InChI is InChI=1S/C24H18ClN3O4/c1-14-7-9-21(15(2)11-14)27-23(29)18-6-4-3-5-17(18)19(24(27)30)13-26-20-12-16(25)8-10-22(20)28(31)32/h3-13,30H,1-2H3. The highest BCUT2D eigenvalue weighted by Gasteiger charge is 2.18. The van der Waals surface area contributed by atoms with E-state index in [-0.39, 0.29) is 33.4 Å². The Hall–Kier alpha value is -3.97. The Labute approximate surface area is 188 Å². The summed E-state index contributed by atoms with van der Waals surface area (Å²) in [5.74, 6) is -0.311. The molecule has 0 aliphatic rings. The van der Waals surface area contributed by atoms with Gasteiger partial charge >= 0.3 is 0 Å². The van der Waals surface area contributed by atoms with Crippen molar-refractivity contribution in [3.8, 4) is 11.6 Å². The smallest absolute Gasteiger partial charge is 0.294 e. The Kier molecular flexibility index (Phi) is 5.50. The molecule has 1 heterocycles. The van der Waals surface area contributed by atoms with Crippen molar-refractivity contribution >= 4 is 40.0 Å². The molecule has 8 heteroatoms. The van der Waals surface area contributed by atoms with Crippen molar-refractivity contribution in [1.82, 2.24) is 4.57 Å². The Morgan fingerprint density at radius 1 is 1.06 bits per heavy atom. The van der Waals surface area contributed by atoms with E-state index in [0.29, 0.717) is 16.5 Å². The number of aromatic hydroxyl groups is 1. The second-order valence-corrected chi connectivity index (χ2v) is 7.80. The van der Waals surface area contributed by atoms with Crippen LogP contribution < -0.4 is 5.56 Å². The molecule has 4 rings (SSSR count). The van der Waals surface area contributed by atoms with Crippen LogP contribution in [0.25, 0.3) is 16.5 Å². The number of aliphatic imine (C=N–C) groups is 1. The van der Waals surface area contributed by atoms with Crippen LogP contribution in [-0.2, 0) is 0 Å². The number of nitro groups is 1. The van der Waals surface area contributed by atoms with E-state index in [1.807, 2.05) is 26.0 Å². The number of nitrogens with zero attached hydrogens (tertiary/aromatic N) is 3. The lowest BCUT2D eigenvalue weighted by atomic mass is 10.1. The monoisotopic (exact) mass is 447 g/mol. The van der Waals surface area contributed by atoms with Crippen molar-refractivity contribution in [2.75, 3.05) is 0 Å². The molecule has 1 aromatic heterocycles. The van der Waals surface area contributed by atoms with Gasteiger partial charge in [0.25, 0.3) is 11.2 Å². The van der Waals surface area contributed by atoms with Gasteiger partial charge < -0.3 is 5.11 Å². The molecular weight excluding hydrogens is 430 g/mol. The van der Waals surface area contributed by atoms with Gasteiger partial charge in [0.2, 0.25) is 5.88 Å². The lowest BCUT2D eigenvalue weighted by Crippen LogP contribution is -2.21. The summed E-state index contributed by atoms with van der Waals surface area (Å²) >= 11 is 5.99. The van der Waals surface area contributed by atoms with E-state index in [4.69, 9.17) is 11.6 Å². The summed E-state index contributed by atoms with van der Waals surface area (Å²) in [7, 11) is 0. The number of hydrogen-bond donors (Lipinski definition) is 1. The summed E-state index contributed by atoms with van der Waals surface area (Å²) < 4.78 is 1.23. The molecule has 7 nitrogen and oxygen atoms in total. The molecule has 1 N–H and O–H groups in total. The van der Waals surface area contributed by atoms with E-state index < -0.39 is 4.92 Å². The maximum absolute atomic E-state index is 13.3. The van der Waals surface area contributed by atoms with Crippen molar-refractivity contribution in [3.05, 3.63) is 103 Å². The minimum absolute atomic E-state index is 0.0373. The van der Waals surface area contributed by atoms with Gasteiger partial charge in [-0.1, -0.05) is 47.5 Å². The molecule has 3 aromatic carbocycles. The van der Waals surface area contributed by atoms with E-state index in [1.165, 1.54) is 29.0 Å². The highest BCUT2D eigenvalue weighted by molar-refractivity contribution is 6.31. The molecule has 32 heavy (non-hydrogen) atoms. The Balaban J connectivity index is 2.01. The zero-order valence-electron chi connectivity index (χ0n) is 17.2. The molecule has 160 valence electrons. The first-order chi connectivity index (χ1) is 15.3. The van der Waals surface area contributed by atoms with E-state index in [0.717, 1.165) is 11.1 Å². The van der Waals surface area contributed by atoms with Crippen molar-refractivity contribution in [1.29, 1.82) is 0 Å². The molecule has 0 spiro atoms. The van der Waals surface area contributed by atoms with Gasteiger partial charge in [-0.3, -0.25) is 14.9 Å². The van der Waals surface area contributed by atoms with Crippen LogP contribution in [0.3, 0.4) is 0 Å². The van der Waals surface area contributed by atoms with Crippen LogP contribution in [0.5, 0.6) is 5.88 Å². The summed E-state index contributed by atoms with van der Waals surface area (Å²) in [6, 6.07) is 16.4. The predicted octanol–water partition coefficient (Wildman–Crippen LogP) is 5.63. The third kappa shape index (κ3) is 3.74. The maximum atomic E-state index is 13.3. The number of benzene rings is 3. The summed E-state index contributed by atoms with van der Waals surface area (Å²) in [5, 5.41) is 23.7. The van der Waals surface area contributed by atoms with Crippen LogP contribution in [0.2, 0.25) is 5.02 Å². The number of halogens is 1. The zero-order chi connectivity index (χ0) is 23.0. The highest BCUT2D eigenvalue weighted by atomic mass is 35.5. The van der Waals surface area contributed by atoms with Crippen LogP contribution in [0.4, 0.5) is 11.4 Å². The number of aromatic nitrogens is 1. The Morgan fingerprint density at radius 2 is 1.78 bits per heavy atom. The third-order valence-corrected chi connectivity index (χ3v) is 5.40. The molecule has 0 atom stereocenters. The maximum Gasteiger partial charge on any atom is 0.294 e. The first kappa shape index (κ1) is 21.3. The van der Waals surface area contributed by atoms with Crippen molar-refractivity contribution in [3.63, 3.8) is 0 Å². The molecule has 0 fully saturated rings. The van der Waals surface area contributed by atoms with Gasteiger partial charge in [0.1, 0.15) is 5.69 Å². The van der Waals surface area contributed by atoms with E-state index in [2.05, 4.69) is 4.99 Å². The minimum atomic E-state index is -0.558. The summed E-state index contributed by atoms with van der Waals surface area (Å²) in [5.41, 5.74) is 2.06. The fourth-order valence-electron chi connectivity index (χ4n) is 3.66. The van der Waals surface area contributed by atoms with Gasteiger partial charge in [0.15, 0.2) is 0 Å². The summed E-state index contributed by atoms with van der Waals surface area (Å²) in [6.07, 6.45) is 1.32. The van der Waals surface area contributed by atoms with E-state index in [9.17, 15) is 20.0 Å².